The van der Waals surface area contributed by atoms with Gasteiger partial charge in [0.2, 0.25) is 0 Å². The Bertz CT molecular complexity index is 165. The van der Waals surface area contributed by atoms with Gasteiger partial charge in [-0.3, -0.25) is 0 Å². The molecule has 0 heterocycles. The van der Waals surface area contributed by atoms with Crippen molar-refractivity contribution in [2.24, 2.45) is 0 Å². The van der Waals surface area contributed by atoms with E-state index >= 15 is 0 Å². The second kappa shape index (κ2) is 29.1. The molecule has 0 aromatic carbocycles. The molecule has 0 aromatic rings. The Labute approximate surface area is 176 Å². The van der Waals surface area contributed by atoms with Crippen LogP contribution in [0.3, 0.4) is 0 Å². The molecular weight excluding hydrogens is 457 g/mol. The molecule has 0 N–H and O–H groups in total. The van der Waals surface area contributed by atoms with Crippen molar-refractivity contribution in [3.05, 3.63) is 6.92 Å². The van der Waals surface area contributed by atoms with Crippen LogP contribution in [0.5, 0.6) is 0 Å². The van der Waals surface area contributed by atoms with Crippen LogP contribution < -0.4 is 0 Å². The van der Waals surface area contributed by atoms with Crippen LogP contribution in [0.25, 0.3) is 0 Å². The monoisotopic (exact) mass is 500 g/mol. The number of halogens is 1. The topological polar surface area (TPSA) is 0 Å². The Kier molecular flexibility index (Phi) is 33.5. The number of unbranched alkanes of at least 4 members (excludes halogenated alkanes) is 19. The summed E-state index contributed by atoms with van der Waals surface area (Å²) in [5, 5.41) is 0. The van der Waals surface area contributed by atoms with E-state index in [0.29, 0.717) is 0 Å². The third-order valence-corrected chi connectivity index (χ3v) is 4.85. The van der Waals surface area contributed by atoms with Gasteiger partial charge in [0.1, 0.15) is 0 Å². The predicted octanol–water partition coefficient (Wildman–Crippen LogP) is 9.53. The minimum absolute atomic E-state index is 1.12. The van der Waals surface area contributed by atoms with Crippen molar-refractivity contribution >= 4 is 19.8 Å². The first-order valence-corrected chi connectivity index (χ1v) is 20.0. The third kappa shape index (κ3) is 28.2. The molecule has 0 rings (SSSR count). The van der Waals surface area contributed by atoms with Crippen molar-refractivity contribution < 1.29 is 14.8 Å². The van der Waals surface area contributed by atoms with Gasteiger partial charge in [-0.05, 0) is 0 Å². The zero-order valence-electron chi connectivity index (χ0n) is 16.9. The van der Waals surface area contributed by atoms with Gasteiger partial charge in [0.15, 0.2) is 0 Å². The van der Waals surface area contributed by atoms with E-state index in [1.807, 2.05) is 0 Å². The van der Waals surface area contributed by atoms with Crippen molar-refractivity contribution in [2.75, 3.05) is 0 Å². The molecule has 0 nitrogen and oxygen atoms in total. The maximum atomic E-state index is 3.90. The molecule has 0 aliphatic carbocycles. The molecule has 0 fully saturated rings. The zero-order chi connectivity index (χ0) is 18.1. The van der Waals surface area contributed by atoms with E-state index in [0.717, 1.165) is 6.42 Å². The zero-order valence-corrected chi connectivity index (χ0v) is 22.1. The van der Waals surface area contributed by atoms with Crippen LogP contribution in [0.15, 0.2) is 0 Å². The van der Waals surface area contributed by atoms with Crippen LogP contribution in [-0.2, 0) is 14.8 Å². The van der Waals surface area contributed by atoms with Crippen molar-refractivity contribution in [3.8, 4) is 0 Å². The molecule has 0 aliphatic rings. The third-order valence-electron chi connectivity index (χ3n) is 4.85. The Morgan fingerprint density at radius 1 is 0.458 bits per heavy atom. The molecule has 24 heavy (non-hydrogen) atoms. The SMILES string of the molecule is [CH2-]CCCCCCCCCCCCCCCCCCCCC.[Zn+][I]. The van der Waals surface area contributed by atoms with Crippen molar-refractivity contribution in [1.82, 2.24) is 0 Å². The number of rotatable bonds is 19. The molecule has 0 radical (unpaired) electrons. The quantitative estimate of drug-likeness (QED) is 0.0715. The molecular formula is C22H45IZn. The molecule has 0 aromatic heterocycles. The molecule has 0 saturated carbocycles. The summed E-state index contributed by atoms with van der Waals surface area (Å²) in [6.45, 7) is 6.20. The van der Waals surface area contributed by atoms with Crippen LogP contribution in [0.4, 0.5) is 0 Å². The first kappa shape index (κ1) is 27.6. The van der Waals surface area contributed by atoms with Gasteiger partial charge >= 0.3 is 34.5 Å². The van der Waals surface area contributed by atoms with Gasteiger partial charge in [-0.1, -0.05) is 129 Å². The summed E-state index contributed by atoms with van der Waals surface area (Å²) in [4.78, 5) is 0. The van der Waals surface area contributed by atoms with E-state index in [4.69, 9.17) is 0 Å². The first-order chi connectivity index (χ1) is 11.9. The normalized spacial score (nSPS) is 10.5. The van der Waals surface area contributed by atoms with Gasteiger partial charge < -0.3 is 6.92 Å². The molecule has 0 atom stereocenters. The fourth-order valence-corrected chi connectivity index (χ4v) is 3.26. The fourth-order valence-electron chi connectivity index (χ4n) is 3.26. The van der Waals surface area contributed by atoms with E-state index in [1.54, 1.807) is 0 Å². The fraction of sp³-hybridized carbons (Fsp3) is 0.955. The molecule has 142 valence electrons. The molecule has 0 aliphatic heterocycles. The van der Waals surface area contributed by atoms with E-state index in [2.05, 4.69) is 33.6 Å². The maximum absolute atomic E-state index is 3.90. The van der Waals surface area contributed by atoms with E-state index in [9.17, 15) is 0 Å². The summed E-state index contributed by atoms with van der Waals surface area (Å²) in [5.74, 6) is 0. The average molecular weight is 502 g/mol. The van der Waals surface area contributed by atoms with Crippen LogP contribution in [0, 0.1) is 6.92 Å². The van der Waals surface area contributed by atoms with Gasteiger partial charge in [-0.2, -0.15) is 6.42 Å². The van der Waals surface area contributed by atoms with E-state index in [1.165, 1.54) is 137 Å². The van der Waals surface area contributed by atoms with Crippen LogP contribution in [-0.4, -0.2) is 0 Å². The van der Waals surface area contributed by atoms with Gasteiger partial charge in [-0.25, -0.2) is 0 Å². The second-order valence-corrected chi connectivity index (χ2v) is 7.22. The summed E-state index contributed by atoms with van der Waals surface area (Å²) >= 11 is 3.62. The van der Waals surface area contributed by atoms with Crippen LogP contribution >= 0.6 is 19.8 Å². The summed E-state index contributed by atoms with van der Waals surface area (Å²) in [6.07, 6.45) is 28.8. The molecule has 0 saturated heterocycles. The Balaban J connectivity index is 0. The standard InChI is InChI=1S/C22H45.HI.Zn/c1-3-5-7-9-11-13-15-17-19-21-22-20-18-16-14-12-10-8-6-4-2;;/h1,3-22H2,2H3;1H;/q-1;;+2/p-1. The summed E-state index contributed by atoms with van der Waals surface area (Å²) in [6, 6.07) is 0. The van der Waals surface area contributed by atoms with Gasteiger partial charge in [0.25, 0.3) is 0 Å². The number of hydrogen-bond donors (Lipinski definition) is 0. The van der Waals surface area contributed by atoms with Gasteiger partial charge in [0.05, 0.1) is 0 Å². The molecule has 0 unspecified atom stereocenters. The van der Waals surface area contributed by atoms with Crippen LogP contribution in [0.2, 0.25) is 0 Å². The average Bonchev–Trinajstić information content (AvgIpc) is 2.62. The summed E-state index contributed by atoms with van der Waals surface area (Å²) < 4.78 is 0. The molecule has 2 heteroatoms. The minimum atomic E-state index is 1.12. The summed E-state index contributed by atoms with van der Waals surface area (Å²) in [5.41, 5.74) is 0. The van der Waals surface area contributed by atoms with E-state index in [-0.39, 0.29) is 0 Å². The molecule has 0 amide bonds. The van der Waals surface area contributed by atoms with Gasteiger partial charge in [-0.15, -0.1) is 0 Å². The van der Waals surface area contributed by atoms with Crippen molar-refractivity contribution in [3.63, 3.8) is 0 Å². The van der Waals surface area contributed by atoms with E-state index < -0.39 is 0 Å². The Morgan fingerprint density at radius 3 is 0.875 bits per heavy atom. The summed E-state index contributed by atoms with van der Waals surface area (Å²) in [7, 11) is 0. The van der Waals surface area contributed by atoms with Crippen molar-refractivity contribution in [2.45, 2.75) is 135 Å². The molecule has 0 spiro atoms. The Hall–Kier alpha value is 1.35. The van der Waals surface area contributed by atoms with Crippen LogP contribution in [0.1, 0.15) is 135 Å². The van der Waals surface area contributed by atoms with Gasteiger partial charge in [0, 0.05) is 0 Å². The Morgan fingerprint density at radius 2 is 0.667 bits per heavy atom. The second-order valence-electron chi connectivity index (χ2n) is 7.22. The molecule has 0 bridgehead atoms. The first-order valence-electron chi connectivity index (χ1n) is 11.0. The number of hydrogen-bond acceptors (Lipinski definition) is 0. The van der Waals surface area contributed by atoms with Crippen molar-refractivity contribution in [1.29, 1.82) is 0 Å². The predicted molar refractivity (Wildman–Crippen MR) is 117 cm³/mol.